The van der Waals surface area contributed by atoms with Crippen molar-refractivity contribution in [3.05, 3.63) is 33.6 Å². The lowest BCUT2D eigenvalue weighted by atomic mass is 9.80. The number of fused-ring (bicyclic) bond motifs is 1. The Balaban J connectivity index is 1.51. The molecule has 0 spiro atoms. The molecule has 2 aliphatic rings. The van der Waals surface area contributed by atoms with Crippen LogP contribution in [-0.4, -0.2) is 43.2 Å². The normalized spacial score (nSPS) is 21.7. The zero-order valence-corrected chi connectivity index (χ0v) is 18.9. The first-order valence-corrected chi connectivity index (χ1v) is 12.1. The highest BCUT2D eigenvalue weighted by molar-refractivity contribution is 7.10. The highest BCUT2D eigenvalue weighted by Gasteiger charge is 2.25. The lowest BCUT2D eigenvalue weighted by Crippen LogP contribution is -2.16. The number of nitrogens with zero attached hydrogens (tertiary/aromatic N) is 2. The SMILES string of the molecule is CN(C)c1cc2c(cc1-c1csc(C3CCC(CCC(=O)O)CC3)n1)CCNCC2. The van der Waals surface area contributed by atoms with Crippen LogP contribution in [0.1, 0.15) is 60.6 Å². The van der Waals surface area contributed by atoms with Crippen LogP contribution in [0.2, 0.25) is 0 Å². The molecule has 162 valence electrons. The largest absolute Gasteiger partial charge is 0.481 e. The number of hydrogen-bond donors (Lipinski definition) is 2. The Hall–Kier alpha value is -1.92. The molecule has 0 unspecified atom stereocenters. The van der Waals surface area contributed by atoms with Gasteiger partial charge in [0.05, 0.1) is 10.7 Å². The van der Waals surface area contributed by atoms with Crippen LogP contribution >= 0.6 is 11.3 Å². The molecule has 1 aromatic heterocycles. The lowest BCUT2D eigenvalue weighted by molar-refractivity contribution is -0.137. The van der Waals surface area contributed by atoms with Crippen molar-refractivity contribution in [2.45, 2.75) is 57.3 Å². The molecule has 5 nitrogen and oxygen atoms in total. The summed E-state index contributed by atoms with van der Waals surface area (Å²) >= 11 is 1.80. The van der Waals surface area contributed by atoms with E-state index in [4.69, 9.17) is 10.1 Å². The number of carboxylic acid groups (broad SMARTS) is 1. The van der Waals surface area contributed by atoms with E-state index in [2.05, 4.69) is 41.8 Å². The average Bonchev–Trinajstić information content (AvgIpc) is 3.11. The van der Waals surface area contributed by atoms with Gasteiger partial charge in [-0.3, -0.25) is 4.79 Å². The van der Waals surface area contributed by atoms with Gasteiger partial charge in [0.25, 0.3) is 0 Å². The van der Waals surface area contributed by atoms with Crippen molar-refractivity contribution in [2.24, 2.45) is 5.92 Å². The molecule has 0 saturated heterocycles. The van der Waals surface area contributed by atoms with Crippen LogP contribution < -0.4 is 10.2 Å². The number of benzene rings is 1. The van der Waals surface area contributed by atoms with E-state index >= 15 is 0 Å². The molecule has 1 saturated carbocycles. The Morgan fingerprint density at radius 3 is 2.53 bits per heavy atom. The fraction of sp³-hybridized carbons (Fsp3) is 0.583. The topological polar surface area (TPSA) is 65.5 Å². The minimum absolute atomic E-state index is 0.303. The third-order valence-corrected chi connectivity index (χ3v) is 7.71. The van der Waals surface area contributed by atoms with Gasteiger partial charge in [0, 0.05) is 43.1 Å². The lowest BCUT2D eigenvalue weighted by Gasteiger charge is -2.27. The average molecular weight is 428 g/mol. The summed E-state index contributed by atoms with van der Waals surface area (Å²) in [7, 11) is 4.23. The van der Waals surface area contributed by atoms with Crippen LogP contribution in [0.5, 0.6) is 0 Å². The summed E-state index contributed by atoms with van der Waals surface area (Å²) in [4.78, 5) is 18.1. The van der Waals surface area contributed by atoms with E-state index in [-0.39, 0.29) is 0 Å². The van der Waals surface area contributed by atoms with Crippen molar-refractivity contribution in [1.82, 2.24) is 10.3 Å². The molecule has 0 radical (unpaired) electrons. The van der Waals surface area contributed by atoms with Crippen LogP contribution in [0.25, 0.3) is 11.3 Å². The highest BCUT2D eigenvalue weighted by Crippen LogP contribution is 2.41. The first kappa shape index (κ1) is 21.3. The van der Waals surface area contributed by atoms with E-state index in [1.54, 1.807) is 11.3 Å². The Kier molecular flexibility index (Phi) is 6.74. The molecule has 1 aromatic carbocycles. The molecule has 0 amide bonds. The van der Waals surface area contributed by atoms with Crippen molar-refractivity contribution in [3.8, 4) is 11.3 Å². The standard InChI is InChI=1S/C24H33N3O2S/c1-27(2)22-14-19-10-12-25-11-9-18(19)13-20(22)21-15-30-24(26-21)17-6-3-16(4-7-17)5-8-23(28)29/h13-17,25H,3-12H2,1-2H3,(H,28,29). The van der Waals surface area contributed by atoms with Gasteiger partial charge in [-0.15, -0.1) is 11.3 Å². The maximum absolute atomic E-state index is 10.8. The summed E-state index contributed by atoms with van der Waals surface area (Å²) in [6.45, 7) is 2.09. The van der Waals surface area contributed by atoms with E-state index in [9.17, 15) is 4.79 Å². The first-order chi connectivity index (χ1) is 14.5. The summed E-state index contributed by atoms with van der Waals surface area (Å²) < 4.78 is 0. The van der Waals surface area contributed by atoms with Crippen molar-refractivity contribution in [1.29, 1.82) is 0 Å². The van der Waals surface area contributed by atoms with E-state index in [0.717, 1.165) is 63.7 Å². The second kappa shape index (κ2) is 9.48. The molecule has 0 atom stereocenters. The number of aromatic nitrogens is 1. The number of carboxylic acids is 1. The van der Waals surface area contributed by atoms with E-state index in [1.807, 2.05) is 0 Å². The van der Waals surface area contributed by atoms with Gasteiger partial charge in [-0.2, -0.15) is 0 Å². The quantitative estimate of drug-likeness (QED) is 0.699. The van der Waals surface area contributed by atoms with Gasteiger partial charge in [0.15, 0.2) is 0 Å². The van der Waals surface area contributed by atoms with Gasteiger partial charge in [-0.1, -0.05) is 0 Å². The zero-order valence-electron chi connectivity index (χ0n) is 18.1. The van der Waals surface area contributed by atoms with Crippen molar-refractivity contribution in [2.75, 3.05) is 32.1 Å². The molecule has 2 heterocycles. The highest BCUT2D eigenvalue weighted by atomic mass is 32.1. The van der Waals surface area contributed by atoms with Gasteiger partial charge >= 0.3 is 5.97 Å². The summed E-state index contributed by atoms with van der Waals surface area (Å²) in [5.74, 6) is 0.419. The van der Waals surface area contributed by atoms with Crippen molar-refractivity contribution in [3.63, 3.8) is 0 Å². The van der Waals surface area contributed by atoms with Gasteiger partial charge < -0.3 is 15.3 Å². The molecule has 1 aliphatic heterocycles. The van der Waals surface area contributed by atoms with Crippen molar-refractivity contribution < 1.29 is 9.90 Å². The van der Waals surface area contributed by atoms with E-state index in [0.29, 0.717) is 18.3 Å². The smallest absolute Gasteiger partial charge is 0.303 e. The number of anilines is 1. The third kappa shape index (κ3) is 4.86. The minimum Gasteiger partial charge on any atom is -0.481 e. The van der Waals surface area contributed by atoms with Crippen molar-refractivity contribution >= 4 is 23.0 Å². The Morgan fingerprint density at radius 2 is 1.87 bits per heavy atom. The second-order valence-electron chi connectivity index (χ2n) is 9.00. The molecule has 6 heteroatoms. The predicted molar refractivity (Wildman–Crippen MR) is 124 cm³/mol. The summed E-state index contributed by atoms with van der Waals surface area (Å²) in [5.41, 5.74) is 6.52. The molecule has 0 bridgehead atoms. The number of rotatable bonds is 6. The predicted octanol–water partition coefficient (Wildman–Crippen LogP) is 4.70. The number of aliphatic carboxylic acids is 1. The summed E-state index contributed by atoms with van der Waals surface area (Å²) in [6, 6.07) is 4.74. The fourth-order valence-corrected chi connectivity index (χ4v) is 5.90. The van der Waals surface area contributed by atoms with Crippen LogP contribution in [0, 0.1) is 5.92 Å². The van der Waals surface area contributed by atoms with Crippen LogP contribution in [-0.2, 0) is 17.6 Å². The molecule has 30 heavy (non-hydrogen) atoms. The Bertz CT molecular complexity index is 885. The second-order valence-corrected chi connectivity index (χ2v) is 9.89. The number of hydrogen-bond acceptors (Lipinski definition) is 5. The summed E-state index contributed by atoms with van der Waals surface area (Å²) in [5, 5.41) is 15.9. The van der Waals surface area contributed by atoms with Gasteiger partial charge in [0.2, 0.25) is 0 Å². The molecular weight excluding hydrogens is 394 g/mol. The van der Waals surface area contributed by atoms with Crippen LogP contribution in [0.15, 0.2) is 17.5 Å². The maximum atomic E-state index is 10.8. The van der Waals surface area contributed by atoms with Gasteiger partial charge in [-0.05, 0) is 87.2 Å². The summed E-state index contributed by atoms with van der Waals surface area (Å²) in [6.07, 6.45) is 7.81. The van der Waals surface area contributed by atoms with Crippen LogP contribution in [0.3, 0.4) is 0 Å². The van der Waals surface area contributed by atoms with Gasteiger partial charge in [0.1, 0.15) is 0 Å². The van der Waals surface area contributed by atoms with Gasteiger partial charge in [-0.25, -0.2) is 4.98 Å². The number of carbonyl (C=O) groups is 1. The first-order valence-electron chi connectivity index (χ1n) is 11.2. The Labute approximate surface area is 183 Å². The van der Waals surface area contributed by atoms with E-state index in [1.165, 1.54) is 27.4 Å². The minimum atomic E-state index is -0.671. The zero-order chi connectivity index (χ0) is 21.1. The molecule has 2 N–H and O–H groups in total. The molecule has 1 fully saturated rings. The molecule has 2 aromatic rings. The molecule has 4 rings (SSSR count). The number of nitrogens with one attached hydrogen (secondary N) is 1. The van der Waals surface area contributed by atoms with Crippen LogP contribution in [0.4, 0.5) is 5.69 Å². The van der Waals surface area contributed by atoms with E-state index < -0.39 is 5.97 Å². The molecular formula is C24H33N3O2S. The molecule has 1 aliphatic carbocycles. The Morgan fingerprint density at radius 1 is 1.17 bits per heavy atom. The third-order valence-electron chi connectivity index (χ3n) is 6.70. The maximum Gasteiger partial charge on any atom is 0.303 e. The number of thiazole rings is 1. The fourth-order valence-electron chi connectivity index (χ4n) is 4.91. The monoisotopic (exact) mass is 427 g/mol.